The van der Waals surface area contributed by atoms with Gasteiger partial charge in [0.2, 0.25) is 11.8 Å². The lowest BCUT2D eigenvalue weighted by molar-refractivity contribution is -0.138. The molecule has 1 aliphatic heterocycles. The lowest BCUT2D eigenvalue weighted by Gasteiger charge is -2.25. The molecular formula is C19H23N5O4S. The molecule has 0 radical (unpaired) electrons. The summed E-state index contributed by atoms with van der Waals surface area (Å²) in [5.41, 5.74) is 1.53. The molecule has 2 N–H and O–H groups in total. The lowest BCUT2D eigenvalue weighted by Crippen LogP contribution is -2.49. The first kappa shape index (κ1) is 20.8. The van der Waals surface area contributed by atoms with Gasteiger partial charge in [0.25, 0.3) is 11.1 Å². The third-order valence-electron chi connectivity index (χ3n) is 4.50. The van der Waals surface area contributed by atoms with E-state index in [9.17, 15) is 14.4 Å². The molecule has 0 spiro atoms. The number of hydrazine groups is 1. The van der Waals surface area contributed by atoms with E-state index in [1.165, 1.54) is 0 Å². The van der Waals surface area contributed by atoms with Crippen molar-refractivity contribution < 1.29 is 18.8 Å². The maximum Gasteiger partial charge on any atom is 0.344 e. The number of nitrogens with zero attached hydrogens (tertiary/aromatic N) is 3. The van der Waals surface area contributed by atoms with Gasteiger partial charge in [-0.3, -0.25) is 15.0 Å². The minimum atomic E-state index is -1.20. The molecule has 0 bridgehead atoms. The predicted octanol–water partition coefficient (Wildman–Crippen LogP) is 2.35. The summed E-state index contributed by atoms with van der Waals surface area (Å²) in [6, 6.07) is 8.27. The first-order valence-corrected chi connectivity index (χ1v) is 10.1. The number of thioether (sulfide) groups is 1. The summed E-state index contributed by atoms with van der Waals surface area (Å²) >= 11 is 1.03. The molecular weight excluding hydrogens is 394 g/mol. The highest BCUT2D eigenvalue weighted by atomic mass is 32.2. The summed E-state index contributed by atoms with van der Waals surface area (Å²) in [6.07, 6.45) is 0.347. The van der Waals surface area contributed by atoms with Gasteiger partial charge in [0, 0.05) is 5.41 Å². The number of hydrogen-bond donors (Lipinski definition) is 2. The van der Waals surface area contributed by atoms with Crippen molar-refractivity contribution in [3.8, 4) is 0 Å². The van der Waals surface area contributed by atoms with Gasteiger partial charge in [0.1, 0.15) is 5.54 Å². The number of aromatic nitrogens is 2. The first-order chi connectivity index (χ1) is 13.7. The fraction of sp³-hybridized carbons (Fsp3) is 0.421. The van der Waals surface area contributed by atoms with Gasteiger partial charge in [-0.05, 0) is 12.0 Å². The summed E-state index contributed by atoms with van der Waals surface area (Å²) in [5, 5.41) is 11.5. The van der Waals surface area contributed by atoms with Crippen molar-refractivity contribution in [1.82, 2.24) is 25.9 Å². The molecule has 9 nitrogen and oxygen atoms in total. The molecule has 2 heterocycles. The van der Waals surface area contributed by atoms with Crippen LogP contribution >= 0.6 is 11.8 Å². The predicted molar refractivity (Wildman–Crippen MR) is 106 cm³/mol. The van der Waals surface area contributed by atoms with Crippen molar-refractivity contribution in [2.45, 2.75) is 50.3 Å². The quantitative estimate of drug-likeness (QED) is 0.547. The Morgan fingerprint density at radius 1 is 1.24 bits per heavy atom. The Labute approximate surface area is 172 Å². The molecule has 154 valence electrons. The van der Waals surface area contributed by atoms with Crippen LogP contribution in [0.1, 0.15) is 45.6 Å². The monoisotopic (exact) mass is 417 g/mol. The molecule has 1 aromatic carbocycles. The van der Waals surface area contributed by atoms with E-state index < -0.39 is 23.4 Å². The van der Waals surface area contributed by atoms with E-state index in [1.807, 2.05) is 26.8 Å². The maximum absolute atomic E-state index is 13.0. The second-order valence-corrected chi connectivity index (χ2v) is 8.57. The van der Waals surface area contributed by atoms with Crippen molar-refractivity contribution >= 4 is 29.6 Å². The van der Waals surface area contributed by atoms with Gasteiger partial charge in [-0.25, -0.2) is 4.79 Å². The Hall–Kier alpha value is -2.88. The standard InChI is InChI=1S/C19H23N5O4S/c1-5-19(12-9-7-6-8-10-12)15(26)24(16(27)20-19)23-13(25)11-29-17-22-21-14(28-17)18(2,3)4/h6-10H,5,11H2,1-4H3,(H,20,27)(H,23,25). The van der Waals surface area contributed by atoms with Crippen LogP contribution in [0.2, 0.25) is 0 Å². The second kappa shape index (κ2) is 7.86. The number of urea groups is 1. The molecule has 1 aliphatic rings. The molecule has 1 fully saturated rings. The zero-order valence-electron chi connectivity index (χ0n) is 16.7. The average Bonchev–Trinajstić information content (AvgIpc) is 3.26. The third-order valence-corrected chi connectivity index (χ3v) is 5.32. The highest BCUT2D eigenvalue weighted by molar-refractivity contribution is 7.99. The number of carbonyl (C=O) groups excluding carboxylic acids is 3. The normalized spacial score (nSPS) is 19.4. The van der Waals surface area contributed by atoms with E-state index in [0.29, 0.717) is 17.9 Å². The third kappa shape index (κ3) is 4.12. The van der Waals surface area contributed by atoms with E-state index >= 15 is 0 Å². The van der Waals surface area contributed by atoms with Crippen molar-refractivity contribution in [2.75, 3.05) is 5.75 Å². The number of imide groups is 1. The Kier molecular flexibility index (Phi) is 5.65. The minimum absolute atomic E-state index is 0.0900. The molecule has 3 rings (SSSR count). The Bertz CT molecular complexity index is 924. The molecule has 1 atom stereocenters. The lowest BCUT2D eigenvalue weighted by atomic mass is 9.87. The van der Waals surface area contributed by atoms with Gasteiger partial charge in [-0.1, -0.05) is 69.8 Å². The van der Waals surface area contributed by atoms with Gasteiger partial charge >= 0.3 is 6.03 Å². The zero-order chi connectivity index (χ0) is 21.2. The fourth-order valence-electron chi connectivity index (χ4n) is 2.89. The summed E-state index contributed by atoms with van der Waals surface area (Å²) in [6.45, 7) is 7.61. The van der Waals surface area contributed by atoms with Crippen molar-refractivity contribution in [3.05, 3.63) is 41.8 Å². The van der Waals surface area contributed by atoms with Crippen LogP contribution in [0.4, 0.5) is 4.79 Å². The van der Waals surface area contributed by atoms with Gasteiger partial charge in [-0.15, -0.1) is 10.2 Å². The molecule has 29 heavy (non-hydrogen) atoms. The van der Waals surface area contributed by atoms with Crippen molar-refractivity contribution in [2.24, 2.45) is 0 Å². The number of nitrogens with one attached hydrogen (secondary N) is 2. The number of rotatable bonds is 6. The molecule has 1 saturated heterocycles. The molecule has 10 heteroatoms. The number of benzene rings is 1. The minimum Gasteiger partial charge on any atom is -0.415 e. The molecule has 2 aromatic rings. The van der Waals surface area contributed by atoms with Crippen molar-refractivity contribution in [3.63, 3.8) is 0 Å². The topological polar surface area (TPSA) is 117 Å². The van der Waals surface area contributed by atoms with Crippen LogP contribution in [0.25, 0.3) is 0 Å². The van der Waals surface area contributed by atoms with Gasteiger partial charge in [0.15, 0.2) is 0 Å². The van der Waals surface area contributed by atoms with Gasteiger partial charge < -0.3 is 9.73 Å². The highest BCUT2D eigenvalue weighted by Gasteiger charge is 2.52. The first-order valence-electron chi connectivity index (χ1n) is 9.16. The summed E-state index contributed by atoms with van der Waals surface area (Å²) in [4.78, 5) is 37.7. The summed E-state index contributed by atoms with van der Waals surface area (Å²) in [5.74, 6) is -0.686. The largest absolute Gasteiger partial charge is 0.415 e. The zero-order valence-corrected chi connectivity index (χ0v) is 17.5. The molecule has 0 aliphatic carbocycles. The van der Waals surface area contributed by atoms with Crippen LogP contribution in [0.15, 0.2) is 40.0 Å². The maximum atomic E-state index is 13.0. The molecule has 1 unspecified atom stereocenters. The molecule has 1 aromatic heterocycles. The number of amides is 4. The van der Waals surface area contributed by atoms with Gasteiger partial charge in [-0.2, -0.15) is 5.01 Å². The highest BCUT2D eigenvalue weighted by Crippen LogP contribution is 2.31. The number of hydrogen-bond acceptors (Lipinski definition) is 7. The van der Waals surface area contributed by atoms with Gasteiger partial charge in [0.05, 0.1) is 5.75 Å². The smallest absolute Gasteiger partial charge is 0.344 e. The van der Waals surface area contributed by atoms with Crippen LogP contribution < -0.4 is 10.7 Å². The summed E-state index contributed by atoms with van der Waals surface area (Å²) in [7, 11) is 0. The van der Waals surface area contributed by atoms with Crippen LogP contribution in [-0.4, -0.2) is 38.8 Å². The van der Waals surface area contributed by atoms with Crippen LogP contribution in [0, 0.1) is 0 Å². The van der Waals surface area contributed by atoms with E-state index in [-0.39, 0.29) is 16.4 Å². The molecule has 4 amide bonds. The Morgan fingerprint density at radius 2 is 1.93 bits per heavy atom. The van der Waals surface area contributed by atoms with Crippen LogP contribution in [-0.2, 0) is 20.5 Å². The van der Waals surface area contributed by atoms with E-state index in [2.05, 4.69) is 20.9 Å². The molecule has 0 saturated carbocycles. The van der Waals surface area contributed by atoms with E-state index in [1.54, 1.807) is 31.2 Å². The van der Waals surface area contributed by atoms with Crippen molar-refractivity contribution in [1.29, 1.82) is 0 Å². The second-order valence-electron chi connectivity index (χ2n) is 7.64. The van der Waals surface area contributed by atoms with E-state index in [4.69, 9.17) is 4.42 Å². The van der Waals surface area contributed by atoms with Crippen LogP contribution in [0.5, 0.6) is 0 Å². The SMILES string of the molecule is CCC1(c2ccccc2)NC(=O)N(NC(=O)CSc2nnc(C(C)(C)C)o2)C1=O. The average molecular weight is 417 g/mol. The Morgan fingerprint density at radius 3 is 2.52 bits per heavy atom. The fourth-order valence-corrected chi connectivity index (χ4v) is 3.45. The Balaban J connectivity index is 1.65. The van der Waals surface area contributed by atoms with Crippen LogP contribution in [0.3, 0.4) is 0 Å². The summed E-state index contributed by atoms with van der Waals surface area (Å²) < 4.78 is 5.52. The number of carbonyl (C=O) groups is 3. The van der Waals surface area contributed by atoms with E-state index in [0.717, 1.165) is 16.8 Å².